The van der Waals surface area contributed by atoms with E-state index >= 15 is 0 Å². The fourth-order valence-electron chi connectivity index (χ4n) is 3.77. The molecule has 2 aliphatic heterocycles. The molecule has 0 N–H and O–H groups in total. The molecule has 0 bridgehead atoms. The van der Waals surface area contributed by atoms with Crippen LogP contribution in [0.2, 0.25) is 0 Å². The summed E-state index contributed by atoms with van der Waals surface area (Å²) < 4.78 is 15.1. The first-order valence-electron chi connectivity index (χ1n) is 10.4. The van der Waals surface area contributed by atoms with Crippen molar-refractivity contribution in [2.45, 2.75) is 6.54 Å². The van der Waals surface area contributed by atoms with Crippen molar-refractivity contribution in [3.05, 3.63) is 80.9 Å². The zero-order valence-corrected chi connectivity index (χ0v) is 19.9. The number of nitrogens with zero attached hydrogens (tertiary/aromatic N) is 4. The van der Waals surface area contributed by atoms with E-state index in [1.807, 2.05) is 17.8 Å². The molecule has 0 unspecified atom stereocenters. The molecule has 6 nitrogen and oxygen atoms in total. The Morgan fingerprint density at radius 2 is 1.85 bits per heavy atom. The van der Waals surface area contributed by atoms with Gasteiger partial charge >= 0.3 is 0 Å². The predicted molar refractivity (Wildman–Crippen MR) is 136 cm³/mol. The van der Waals surface area contributed by atoms with Crippen LogP contribution >= 0.6 is 35.7 Å². The number of thioether (sulfide) groups is 2. The van der Waals surface area contributed by atoms with E-state index < -0.39 is 0 Å². The SMILES string of the molecule is O=C1/C(=C\c2c(N3CCSCC3)nc3ccccn3c2=O)SC(=S)N1Cc1ccc(F)cc1. The molecule has 2 saturated heterocycles. The molecule has 2 fully saturated rings. The van der Waals surface area contributed by atoms with E-state index in [0.29, 0.717) is 26.3 Å². The fourth-order valence-corrected chi connectivity index (χ4v) is 5.91. The van der Waals surface area contributed by atoms with Gasteiger partial charge in [-0.25, -0.2) is 9.37 Å². The van der Waals surface area contributed by atoms with E-state index in [2.05, 4.69) is 4.90 Å². The third-order valence-electron chi connectivity index (χ3n) is 5.46. The standard InChI is InChI=1S/C23H19FN4O2S3/c24-16-6-4-15(5-7-16)14-28-22(30)18(33-23(28)31)13-17-20(26-9-11-32-12-10-26)25-19-3-1-2-8-27(19)21(17)29/h1-8,13H,9-12,14H2/b18-13+. The average molecular weight is 499 g/mol. The number of benzene rings is 1. The molecule has 5 rings (SSSR count). The number of anilines is 1. The van der Waals surface area contributed by atoms with Gasteiger partial charge in [-0.1, -0.05) is 42.2 Å². The van der Waals surface area contributed by atoms with Crippen LogP contribution in [0.1, 0.15) is 11.1 Å². The Balaban J connectivity index is 1.54. The molecule has 0 spiro atoms. The minimum atomic E-state index is -0.336. The number of fused-ring (bicyclic) bond motifs is 1. The zero-order chi connectivity index (χ0) is 22.9. The average Bonchev–Trinajstić information content (AvgIpc) is 3.10. The molecular formula is C23H19FN4O2S3. The number of carbonyl (C=O) groups is 1. The maximum Gasteiger partial charge on any atom is 0.267 e. The van der Waals surface area contributed by atoms with Crippen LogP contribution < -0.4 is 10.5 Å². The Morgan fingerprint density at radius 1 is 1.09 bits per heavy atom. The van der Waals surface area contributed by atoms with Gasteiger partial charge in [0, 0.05) is 30.8 Å². The van der Waals surface area contributed by atoms with Gasteiger partial charge in [0.1, 0.15) is 21.6 Å². The van der Waals surface area contributed by atoms with Gasteiger partial charge in [-0.2, -0.15) is 11.8 Å². The largest absolute Gasteiger partial charge is 0.354 e. The Labute approximate surface area is 203 Å². The lowest BCUT2D eigenvalue weighted by Crippen LogP contribution is -2.35. The summed E-state index contributed by atoms with van der Waals surface area (Å²) in [6.45, 7) is 1.81. The second kappa shape index (κ2) is 9.28. The summed E-state index contributed by atoms with van der Waals surface area (Å²) in [6, 6.07) is 11.4. The van der Waals surface area contributed by atoms with Gasteiger partial charge in [-0.3, -0.25) is 18.9 Å². The fraction of sp³-hybridized carbons (Fsp3) is 0.217. The van der Waals surface area contributed by atoms with Gasteiger partial charge in [0.05, 0.1) is 17.0 Å². The summed E-state index contributed by atoms with van der Waals surface area (Å²) >= 11 is 8.48. The van der Waals surface area contributed by atoms with Gasteiger partial charge in [0.15, 0.2) is 0 Å². The van der Waals surface area contributed by atoms with Crippen molar-refractivity contribution < 1.29 is 9.18 Å². The first-order chi connectivity index (χ1) is 16.0. The molecule has 168 valence electrons. The highest BCUT2D eigenvalue weighted by atomic mass is 32.2. The lowest BCUT2D eigenvalue weighted by Gasteiger charge is -2.28. The highest BCUT2D eigenvalue weighted by Crippen LogP contribution is 2.34. The van der Waals surface area contributed by atoms with E-state index in [1.165, 1.54) is 21.4 Å². The van der Waals surface area contributed by atoms with Crippen molar-refractivity contribution in [2.75, 3.05) is 29.5 Å². The zero-order valence-electron chi connectivity index (χ0n) is 17.4. The smallest absolute Gasteiger partial charge is 0.267 e. The van der Waals surface area contributed by atoms with Gasteiger partial charge in [-0.05, 0) is 35.9 Å². The van der Waals surface area contributed by atoms with Crippen molar-refractivity contribution >= 4 is 63.5 Å². The molecule has 1 amide bonds. The molecule has 1 aromatic carbocycles. The first-order valence-corrected chi connectivity index (χ1v) is 12.7. The Kier molecular flexibility index (Phi) is 6.22. The van der Waals surface area contributed by atoms with Crippen LogP contribution in [0.15, 0.2) is 58.4 Å². The van der Waals surface area contributed by atoms with Crippen LogP contribution in [0.4, 0.5) is 10.2 Å². The molecule has 3 aromatic rings. The van der Waals surface area contributed by atoms with Crippen LogP contribution in [-0.2, 0) is 11.3 Å². The highest BCUT2D eigenvalue weighted by Gasteiger charge is 2.33. The van der Waals surface area contributed by atoms with Gasteiger partial charge in [0.25, 0.3) is 11.5 Å². The molecule has 2 aliphatic rings. The molecule has 2 aromatic heterocycles. The summed E-state index contributed by atoms with van der Waals surface area (Å²) in [7, 11) is 0. The molecular weight excluding hydrogens is 479 g/mol. The molecule has 0 aliphatic carbocycles. The number of thiocarbonyl (C=S) groups is 1. The topological polar surface area (TPSA) is 57.9 Å². The molecule has 0 radical (unpaired) electrons. The lowest BCUT2D eigenvalue weighted by atomic mass is 10.2. The van der Waals surface area contributed by atoms with Crippen LogP contribution in [-0.4, -0.2) is 49.1 Å². The maximum atomic E-state index is 13.4. The van der Waals surface area contributed by atoms with Crippen molar-refractivity contribution in [3.8, 4) is 0 Å². The Bertz CT molecular complexity index is 1330. The molecule has 33 heavy (non-hydrogen) atoms. The van der Waals surface area contributed by atoms with Crippen molar-refractivity contribution in [1.82, 2.24) is 14.3 Å². The van der Waals surface area contributed by atoms with Crippen LogP contribution in [0.25, 0.3) is 11.7 Å². The van der Waals surface area contributed by atoms with Crippen LogP contribution in [0, 0.1) is 5.82 Å². The van der Waals surface area contributed by atoms with Crippen molar-refractivity contribution in [3.63, 3.8) is 0 Å². The van der Waals surface area contributed by atoms with Gasteiger partial charge < -0.3 is 4.90 Å². The minimum Gasteiger partial charge on any atom is -0.354 e. The molecule has 4 heterocycles. The first kappa shape index (κ1) is 22.1. The number of carbonyl (C=O) groups excluding carboxylic acids is 1. The predicted octanol–water partition coefficient (Wildman–Crippen LogP) is 3.79. The van der Waals surface area contributed by atoms with E-state index in [0.717, 1.165) is 41.9 Å². The number of rotatable bonds is 4. The summed E-state index contributed by atoms with van der Waals surface area (Å²) in [5.74, 6) is 1.89. The van der Waals surface area contributed by atoms with Crippen LogP contribution in [0.5, 0.6) is 0 Å². The number of amides is 1. The molecule has 0 saturated carbocycles. The number of hydrogen-bond donors (Lipinski definition) is 0. The second-order valence-electron chi connectivity index (χ2n) is 7.58. The normalized spacial score (nSPS) is 18.0. The van der Waals surface area contributed by atoms with E-state index in [4.69, 9.17) is 17.2 Å². The van der Waals surface area contributed by atoms with Gasteiger partial charge in [-0.15, -0.1) is 0 Å². The quantitative estimate of drug-likeness (QED) is 0.401. The van der Waals surface area contributed by atoms with E-state index in [-0.39, 0.29) is 23.8 Å². The third kappa shape index (κ3) is 4.42. The number of pyridine rings is 1. The van der Waals surface area contributed by atoms with E-state index in [9.17, 15) is 14.0 Å². The third-order valence-corrected chi connectivity index (χ3v) is 7.78. The lowest BCUT2D eigenvalue weighted by molar-refractivity contribution is -0.122. The van der Waals surface area contributed by atoms with Gasteiger partial charge in [0.2, 0.25) is 0 Å². The molecule has 0 atom stereocenters. The second-order valence-corrected chi connectivity index (χ2v) is 10.5. The summed E-state index contributed by atoms with van der Waals surface area (Å²) in [6.07, 6.45) is 3.30. The van der Waals surface area contributed by atoms with Crippen molar-refractivity contribution in [1.29, 1.82) is 0 Å². The molecule has 10 heteroatoms. The summed E-state index contributed by atoms with van der Waals surface area (Å²) in [5.41, 5.74) is 1.50. The monoisotopic (exact) mass is 498 g/mol. The minimum absolute atomic E-state index is 0.224. The summed E-state index contributed by atoms with van der Waals surface area (Å²) in [4.78, 5) is 35.3. The highest BCUT2D eigenvalue weighted by molar-refractivity contribution is 8.26. The Hall–Kier alpha value is -2.69. The maximum absolute atomic E-state index is 13.4. The number of aromatic nitrogens is 2. The van der Waals surface area contributed by atoms with E-state index in [1.54, 1.807) is 36.5 Å². The number of hydrogen-bond acceptors (Lipinski definition) is 7. The summed E-state index contributed by atoms with van der Waals surface area (Å²) in [5, 5.41) is 0. The Morgan fingerprint density at radius 3 is 2.61 bits per heavy atom. The number of halogens is 1. The van der Waals surface area contributed by atoms with Crippen LogP contribution in [0.3, 0.4) is 0 Å². The van der Waals surface area contributed by atoms with Crippen molar-refractivity contribution in [2.24, 2.45) is 0 Å².